The quantitative estimate of drug-likeness (QED) is 0.686. The van der Waals surface area contributed by atoms with Gasteiger partial charge in [0.15, 0.2) is 0 Å². The number of hydrogen-bond donors (Lipinski definition) is 1. The lowest BCUT2D eigenvalue weighted by Gasteiger charge is -2.11. The fourth-order valence-corrected chi connectivity index (χ4v) is 3.88. The van der Waals surface area contributed by atoms with Gasteiger partial charge in [-0.2, -0.15) is 0 Å². The van der Waals surface area contributed by atoms with E-state index in [1.54, 1.807) is 24.3 Å². The zero-order valence-corrected chi connectivity index (χ0v) is 14.7. The molecule has 8 nitrogen and oxygen atoms in total. The van der Waals surface area contributed by atoms with Crippen LogP contribution in [0.3, 0.4) is 0 Å². The Bertz CT molecular complexity index is 931. The number of amides is 2. The van der Waals surface area contributed by atoms with E-state index in [4.69, 9.17) is 0 Å². The van der Waals surface area contributed by atoms with E-state index in [9.17, 15) is 9.59 Å². The molecule has 0 bridgehead atoms. The van der Waals surface area contributed by atoms with Crippen molar-refractivity contribution in [1.82, 2.24) is 25.3 Å². The molecule has 10 heteroatoms. The summed E-state index contributed by atoms with van der Waals surface area (Å²) in [6.45, 7) is 2.15. The first-order valence-corrected chi connectivity index (χ1v) is 9.10. The Labute approximate surface area is 150 Å². The largest absolute Gasteiger partial charge is 0.305 e. The van der Waals surface area contributed by atoms with Crippen molar-refractivity contribution in [3.63, 3.8) is 0 Å². The molecule has 2 amide bonds. The van der Waals surface area contributed by atoms with E-state index >= 15 is 0 Å². The minimum Gasteiger partial charge on any atom is -0.305 e. The minimum absolute atomic E-state index is 0.257. The molecule has 0 atom stereocenters. The first kappa shape index (κ1) is 15.8. The van der Waals surface area contributed by atoms with Crippen LogP contribution in [0.15, 0.2) is 24.3 Å². The van der Waals surface area contributed by atoms with Gasteiger partial charge in [0.05, 0.1) is 11.1 Å². The fourth-order valence-electron chi connectivity index (χ4n) is 2.49. The molecule has 4 rings (SSSR count). The van der Waals surface area contributed by atoms with Crippen LogP contribution < -0.4 is 5.32 Å². The van der Waals surface area contributed by atoms with Crippen molar-refractivity contribution in [2.45, 2.75) is 13.3 Å². The number of nitrogens with one attached hydrogen (secondary N) is 1. The van der Waals surface area contributed by atoms with Crippen molar-refractivity contribution >= 4 is 44.8 Å². The summed E-state index contributed by atoms with van der Waals surface area (Å²) in [5, 5.41) is 21.9. The first-order valence-electron chi connectivity index (χ1n) is 7.46. The molecule has 2 aromatic heterocycles. The molecule has 1 aliphatic heterocycles. The first-order chi connectivity index (χ1) is 12.1. The number of rotatable bonds is 5. The van der Waals surface area contributed by atoms with Crippen molar-refractivity contribution in [2.75, 3.05) is 11.9 Å². The van der Waals surface area contributed by atoms with Crippen LogP contribution in [0.1, 0.15) is 30.7 Å². The van der Waals surface area contributed by atoms with Crippen molar-refractivity contribution in [3.05, 3.63) is 45.4 Å². The van der Waals surface area contributed by atoms with Gasteiger partial charge < -0.3 is 5.32 Å². The molecule has 0 spiro atoms. The van der Waals surface area contributed by atoms with Gasteiger partial charge in [0.2, 0.25) is 10.3 Å². The van der Waals surface area contributed by atoms with E-state index in [1.807, 2.05) is 6.92 Å². The Morgan fingerprint density at radius 3 is 2.24 bits per heavy atom. The predicted molar refractivity (Wildman–Crippen MR) is 93.4 cm³/mol. The zero-order chi connectivity index (χ0) is 17.4. The molecule has 25 heavy (non-hydrogen) atoms. The van der Waals surface area contributed by atoms with E-state index in [0.29, 0.717) is 27.8 Å². The number of carbonyl (C=O) groups excluding carboxylic acids is 2. The highest BCUT2D eigenvalue weighted by Gasteiger charge is 2.34. The van der Waals surface area contributed by atoms with Crippen LogP contribution in [0.25, 0.3) is 0 Å². The Kier molecular flexibility index (Phi) is 3.98. The predicted octanol–water partition coefficient (Wildman–Crippen LogP) is 2.28. The zero-order valence-electron chi connectivity index (χ0n) is 13.1. The molecule has 1 N–H and O–H groups in total. The molecule has 0 saturated heterocycles. The van der Waals surface area contributed by atoms with Gasteiger partial charge in [-0.05, 0) is 19.1 Å². The summed E-state index contributed by atoms with van der Waals surface area (Å²) in [7, 11) is 0. The minimum atomic E-state index is -0.257. The number of aromatic nitrogens is 4. The highest BCUT2D eigenvalue weighted by atomic mass is 32.1. The molecule has 3 heterocycles. The van der Waals surface area contributed by atoms with E-state index in [0.717, 1.165) is 10.0 Å². The van der Waals surface area contributed by atoms with Gasteiger partial charge in [-0.15, -0.1) is 20.4 Å². The van der Waals surface area contributed by atoms with Gasteiger partial charge in [-0.1, -0.05) is 34.8 Å². The summed E-state index contributed by atoms with van der Waals surface area (Å²) in [4.78, 5) is 25.9. The number of fused-ring (bicyclic) bond motifs is 1. The molecule has 3 aromatic rings. The second-order valence-corrected chi connectivity index (χ2v) is 7.55. The molecule has 0 radical (unpaired) electrons. The van der Waals surface area contributed by atoms with E-state index in [2.05, 4.69) is 25.7 Å². The Morgan fingerprint density at radius 2 is 1.60 bits per heavy atom. The summed E-state index contributed by atoms with van der Waals surface area (Å²) >= 11 is 2.79. The smallest absolute Gasteiger partial charge is 0.261 e. The SMILES string of the molecule is Cc1nnc(Nc2nnc(CCN3C(=O)c4ccccc4C3=O)s2)s1. The molecular formula is C15H12N6O2S2. The number of nitrogens with zero attached hydrogens (tertiary/aromatic N) is 5. The standard InChI is InChI=1S/C15H12N6O2S2/c1-8-17-19-14(24-8)16-15-20-18-11(25-15)6-7-21-12(22)9-4-2-3-5-10(9)13(21)23/h2-5H,6-7H2,1H3,(H,16,19,20). The summed E-state index contributed by atoms with van der Waals surface area (Å²) in [6, 6.07) is 6.86. The van der Waals surface area contributed by atoms with Gasteiger partial charge >= 0.3 is 0 Å². The van der Waals surface area contributed by atoms with Gasteiger partial charge in [-0.25, -0.2) is 0 Å². The van der Waals surface area contributed by atoms with Crippen LogP contribution in [0.5, 0.6) is 0 Å². The maximum absolute atomic E-state index is 12.3. The van der Waals surface area contributed by atoms with E-state index in [-0.39, 0.29) is 18.4 Å². The highest BCUT2D eigenvalue weighted by Crippen LogP contribution is 2.25. The summed E-state index contributed by atoms with van der Waals surface area (Å²) in [5.74, 6) is -0.513. The molecule has 126 valence electrons. The number of anilines is 2. The monoisotopic (exact) mass is 372 g/mol. The summed E-state index contributed by atoms with van der Waals surface area (Å²) in [5.41, 5.74) is 0.914. The van der Waals surface area contributed by atoms with Crippen LogP contribution in [0.4, 0.5) is 10.3 Å². The number of aryl methyl sites for hydroxylation is 1. The van der Waals surface area contributed by atoms with Crippen molar-refractivity contribution in [1.29, 1.82) is 0 Å². The summed E-state index contributed by atoms with van der Waals surface area (Å²) in [6.07, 6.45) is 0.458. The average Bonchev–Trinajstić information content (AvgIpc) is 3.28. The van der Waals surface area contributed by atoms with Crippen LogP contribution in [0, 0.1) is 6.92 Å². The Morgan fingerprint density at radius 1 is 0.960 bits per heavy atom. The second kappa shape index (κ2) is 6.30. The maximum Gasteiger partial charge on any atom is 0.261 e. The van der Waals surface area contributed by atoms with Crippen molar-refractivity contribution in [3.8, 4) is 0 Å². The molecule has 0 saturated carbocycles. The number of imide groups is 1. The maximum atomic E-state index is 12.3. The number of carbonyl (C=O) groups is 2. The molecule has 1 aliphatic rings. The van der Waals surface area contributed by atoms with Gasteiger partial charge in [0.25, 0.3) is 11.8 Å². The number of benzene rings is 1. The van der Waals surface area contributed by atoms with Crippen LogP contribution >= 0.6 is 22.7 Å². The lowest BCUT2D eigenvalue weighted by Crippen LogP contribution is -2.31. The molecular weight excluding hydrogens is 360 g/mol. The van der Waals surface area contributed by atoms with Crippen LogP contribution in [-0.2, 0) is 6.42 Å². The highest BCUT2D eigenvalue weighted by molar-refractivity contribution is 7.17. The van der Waals surface area contributed by atoms with E-state index in [1.165, 1.54) is 27.6 Å². The second-order valence-electron chi connectivity index (χ2n) is 5.31. The van der Waals surface area contributed by atoms with Crippen molar-refractivity contribution in [2.24, 2.45) is 0 Å². The molecule has 0 fully saturated rings. The van der Waals surface area contributed by atoms with Crippen LogP contribution in [0.2, 0.25) is 0 Å². The van der Waals surface area contributed by atoms with Crippen molar-refractivity contribution < 1.29 is 9.59 Å². The summed E-state index contributed by atoms with van der Waals surface area (Å²) < 4.78 is 0. The third-order valence-corrected chi connectivity index (χ3v) is 5.29. The van der Waals surface area contributed by atoms with E-state index < -0.39 is 0 Å². The average molecular weight is 372 g/mol. The number of hydrogen-bond acceptors (Lipinski definition) is 9. The normalized spacial score (nSPS) is 13.4. The van der Waals surface area contributed by atoms with Gasteiger partial charge in [-0.3, -0.25) is 14.5 Å². The Hall–Kier alpha value is -2.72. The lowest BCUT2D eigenvalue weighted by molar-refractivity contribution is 0.0656. The van der Waals surface area contributed by atoms with Gasteiger partial charge in [0.1, 0.15) is 10.0 Å². The fraction of sp³-hybridized carbons (Fsp3) is 0.200. The molecule has 1 aromatic carbocycles. The Balaban J connectivity index is 1.41. The third-order valence-electron chi connectivity index (χ3n) is 3.63. The topological polar surface area (TPSA) is 101 Å². The van der Waals surface area contributed by atoms with Gasteiger partial charge in [0, 0.05) is 13.0 Å². The molecule has 0 aliphatic carbocycles. The van der Waals surface area contributed by atoms with Crippen LogP contribution in [-0.4, -0.2) is 43.7 Å². The lowest BCUT2D eigenvalue weighted by atomic mass is 10.1. The molecule has 0 unspecified atom stereocenters. The third kappa shape index (κ3) is 3.01.